The third-order valence-electron chi connectivity index (χ3n) is 3.50. The van der Waals surface area contributed by atoms with E-state index in [0.29, 0.717) is 16.9 Å². The van der Waals surface area contributed by atoms with Gasteiger partial charge in [0.15, 0.2) is 0 Å². The molecular weight excluding hydrogens is 316 g/mol. The average Bonchev–Trinajstić information content (AvgIpc) is 2.64. The fourth-order valence-electron chi connectivity index (χ4n) is 2.33. The number of carbonyl (C=O) groups excluding carboxylic acids is 1. The largest absolute Gasteiger partial charge is 0.324 e. The molecule has 25 heavy (non-hydrogen) atoms. The first-order valence-corrected chi connectivity index (χ1v) is 7.59. The number of amides is 1. The van der Waals surface area contributed by atoms with Crippen molar-refractivity contribution >= 4 is 11.6 Å². The Morgan fingerprint density at radius 2 is 1.88 bits per heavy atom. The van der Waals surface area contributed by atoms with Gasteiger partial charge in [-0.2, -0.15) is 10.4 Å². The maximum atomic E-state index is 12.2. The van der Waals surface area contributed by atoms with Gasteiger partial charge in [0.1, 0.15) is 6.54 Å². The number of anilines is 1. The molecule has 6 nitrogen and oxygen atoms in total. The minimum atomic E-state index is -0.394. The van der Waals surface area contributed by atoms with Gasteiger partial charge < -0.3 is 5.32 Å². The molecule has 0 spiro atoms. The Kier molecular flexibility index (Phi) is 4.67. The third-order valence-corrected chi connectivity index (χ3v) is 3.50. The Balaban J connectivity index is 1.79. The van der Waals surface area contributed by atoms with Gasteiger partial charge >= 0.3 is 0 Å². The van der Waals surface area contributed by atoms with Crippen molar-refractivity contribution in [2.75, 3.05) is 5.32 Å². The normalized spacial score (nSPS) is 10.0. The molecule has 0 bridgehead atoms. The van der Waals surface area contributed by atoms with Crippen LogP contribution in [-0.2, 0) is 11.3 Å². The number of nitrogens with one attached hydrogen (secondary N) is 1. The molecule has 0 aliphatic carbocycles. The van der Waals surface area contributed by atoms with Gasteiger partial charge in [-0.15, -0.1) is 0 Å². The highest BCUT2D eigenvalue weighted by molar-refractivity contribution is 5.90. The van der Waals surface area contributed by atoms with Crippen LogP contribution in [0.15, 0.2) is 71.5 Å². The molecule has 6 heteroatoms. The molecule has 1 amide bonds. The predicted molar refractivity (Wildman–Crippen MR) is 93.7 cm³/mol. The van der Waals surface area contributed by atoms with Gasteiger partial charge in [0, 0.05) is 17.3 Å². The van der Waals surface area contributed by atoms with E-state index in [1.165, 1.54) is 6.07 Å². The van der Waals surface area contributed by atoms with Crippen molar-refractivity contribution in [1.29, 1.82) is 5.26 Å². The van der Waals surface area contributed by atoms with E-state index in [2.05, 4.69) is 10.4 Å². The first-order valence-electron chi connectivity index (χ1n) is 7.59. The van der Waals surface area contributed by atoms with Crippen LogP contribution in [0.5, 0.6) is 0 Å². The summed E-state index contributed by atoms with van der Waals surface area (Å²) in [6, 6.07) is 21.0. The van der Waals surface area contributed by atoms with Gasteiger partial charge in [-0.05, 0) is 24.3 Å². The van der Waals surface area contributed by atoms with Crippen LogP contribution in [0.25, 0.3) is 11.3 Å². The Hall–Kier alpha value is -3.72. The molecule has 0 aliphatic rings. The number of nitriles is 1. The summed E-state index contributed by atoms with van der Waals surface area (Å²) in [6.45, 7) is -0.212. The summed E-state index contributed by atoms with van der Waals surface area (Å²) in [4.78, 5) is 24.2. The number of carbonyl (C=O) groups is 1. The molecule has 3 aromatic rings. The topological polar surface area (TPSA) is 87.8 Å². The minimum absolute atomic E-state index is 0.212. The monoisotopic (exact) mass is 330 g/mol. The molecule has 0 saturated heterocycles. The Morgan fingerprint density at radius 3 is 2.64 bits per heavy atom. The molecule has 0 fully saturated rings. The highest BCUT2D eigenvalue weighted by Crippen LogP contribution is 2.14. The lowest BCUT2D eigenvalue weighted by Crippen LogP contribution is -2.29. The van der Waals surface area contributed by atoms with E-state index < -0.39 is 5.91 Å². The van der Waals surface area contributed by atoms with E-state index in [4.69, 9.17) is 5.26 Å². The average molecular weight is 330 g/mol. The van der Waals surface area contributed by atoms with Gasteiger partial charge in [-0.25, -0.2) is 4.68 Å². The lowest BCUT2D eigenvalue weighted by Gasteiger charge is -2.08. The highest BCUT2D eigenvalue weighted by atomic mass is 16.2. The van der Waals surface area contributed by atoms with Gasteiger partial charge in [0.25, 0.3) is 5.56 Å². The number of nitrogens with zero attached hydrogens (tertiary/aromatic N) is 3. The molecule has 1 aromatic heterocycles. The minimum Gasteiger partial charge on any atom is -0.324 e. The molecule has 1 heterocycles. The summed E-state index contributed by atoms with van der Waals surface area (Å²) in [5.74, 6) is -0.394. The van der Waals surface area contributed by atoms with Crippen molar-refractivity contribution in [1.82, 2.24) is 9.78 Å². The highest BCUT2D eigenvalue weighted by Gasteiger charge is 2.08. The second kappa shape index (κ2) is 7.23. The number of rotatable bonds is 4. The van der Waals surface area contributed by atoms with Crippen LogP contribution in [0.3, 0.4) is 0 Å². The first kappa shape index (κ1) is 16.1. The van der Waals surface area contributed by atoms with Crippen LogP contribution in [0.2, 0.25) is 0 Å². The van der Waals surface area contributed by atoms with E-state index in [-0.39, 0.29) is 12.1 Å². The van der Waals surface area contributed by atoms with E-state index in [0.717, 1.165) is 10.2 Å². The summed E-state index contributed by atoms with van der Waals surface area (Å²) in [7, 11) is 0. The van der Waals surface area contributed by atoms with Gasteiger partial charge in [0.05, 0.1) is 17.3 Å². The van der Waals surface area contributed by atoms with Crippen molar-refractivity contribution in [3.05, 3.63) is 82.6 Å². The Labute approximate surface area is 144 Å². The molecule has 2 aromatic carbocycles. The lowest BCUT2D eigenvalue weighted by molar-refractivity contribution is -0.117. The fourth-order valence-corrected chi connectivity index (χ4v) is 2.33. The molecular formula is C19H14N4O2. The Bertz CT molecular complexity index is 1000. The summed E-state index contributed by atoms with van der Waals surface area (Å²) < 4.78 is 1.12. The van der Waals surface area contributed by atoms with Crippen LogP contribution in [-0.4, -0.2) is 15.7 Å². The molecule has 0 radical (unpaired) electrons. The van der Waals surface area contributed by atoms with Gasteiger partial charge in [-0.1, -0.05) is 36.4 Å². The maximum absolute atomic E-state index is 12.2. The zero-order valence-corrected chi connectivity index (χ0v) is 13.2. The van der Waals surface area contributed by atoms with Crippen LogP contribution in [0.1, 0.15) is 5.56 Å². The molecule has 122 valence electrons. The van der Waals surface area contributed by atoms with Crippen LogP contribution in [0.4, 0.5) is 5.69 Å². The van der Waals surface area contributed by atoms with E-state index in [1.54, 1.807) is 30.3 Å². The summed E-state index contributed by atoms with van der Waals surface area (Å²) in [6.07, 6.45) is 0. The lowest BCUT2D eigenvalue weighted by atomic mass is 10.1. The van der Waals surface area contributed by atoms with Crippen LogP contribution >= 0.6 is 0 Å². The van der Waals surface area contributed by atoms with Crippen molar-refractivity contribution in [3.8, 4) is 17.3 Å². The molecule has 0 saturated carbocycles. The molecule has 0 atom stereocenters. The zero-order chi connectivity index (χ0) is 17.6. The van der Waals surface area contributed by atoms with Crippen molar-refractivity contribution in [2.24, 2.45) is 0 Å². The summed E-state index contributed by atoms with van der Waals surface area (Å²) >= 11 is 0. The fraction of sp³-hybridized carbons (Fsp3) is 0.0526. The summed E-state index contributed by atoms with van der Waals surface area (Å²) in [5, 5.41) is 15.8. The molecule has 0 aliphatic heterocycles. The summed E-state index contributed by atoms with van der Waals surface area (Å²) in [5.41, 5.74) is 2.05. The Morgan fingerprint density at radius 1 is 1.08 bits per heavy atom. The number of aromatic nitrogens is 2. The van der Waals surface area contributed by atoms with Crippen LogP contribution in [0, 0.1) is 11.3 Å². The second-order valence-corrected chi connectivity index (χ2v) is 5.32. The molecule has 1 N–H and O–H groups in total. The zero-order valence-electron chi connectivity index (χ0n) is 13.2. The second-order valence-electron chi connectivity index (χ2n) is 5.32. The van der Waals surface area contributed by atoms with Crippen molar-refractivity contribution in [2.45, 2.75) is 6.54 Å². The first-order chi connectivity index (χ1) is 12.2. The van der Waals surface area contributed by atoms with Gasteiger partial charge in [-0.3, -0.25) is 9.59 Å². The maximum Gasteiger partial charge on any atom is 0.267 e. The number of hydrogen-bond donors (Lipinski definition) is 1. The van der Waals surface area contributed by atoms with E-state index >= 15 is 0 Å². The number of hydrogen-bond acceptors (Lipinski definition) is 4. The van der Waals surface area contributed by atoms with Crippen molar-refractivity contribution < 1.29 is 4.79 Å². The predicted octanol–water partition coefficient (Wildman–Crippen LogP) is 2.42. The van der Waals surface area contributed by atoms with E-state index in [1.807, 2.05) is 36.4 Å². The van der Waals surface area contributed by atoms with Gasteiger partial charge in [0.2, 0.25) is 5.91 Å². The SMILES string of the molecule is N#Cc1cccc(NC(=O)Cn2nc(-c3ccccc3)ccc2=O)c1. The number of benzene rings is 2. The standard InChI is InChI=1S/C19H14N4O2/c20-12-14-5-4-8-16(11-14)21-18(24)13-23-19(25)10-9-17(22-23)15-6-2-1-3-7-15/h1-11H,13H2,(H,21,24). The third kappa shape index (κ3) is 3.98. The molecule has 3 rings (SSSR count). The smallest absolute Gasteiger partial charge is 0.267 e. The molecule has 0 unspecified atom stereocenters. The quantitative estimate of drug-likeness (QED) is 0.796. The van der Waals surface area contributed by atoms with Crippen LogP contribution < -0.4 is 10.9 Å². The van der Waals surface area contributed by atoms with E-state index in [9.17, 15) is 9.59 Å². The van der Waals surface area contributed by atoms with Crippen molar-refractivity contribution in [3.63, 3.8) is 0 Å².